The molecule has 0 aromatic carbocycles. The highest BCUT2D eigenvalue weighted by Crippen LogP contribution is 2.33. The third-order valence-electron chi connectivity index (χ3n) is 2.69. The van der Waals surface area contributed by atoms with E-state index in [1.807, 2.05) is 6.92 Å². The molecule has 1 aromatic heterocycles. The van der Waals surface area contributed by atoms with Crippen LogP contribution in [0.1, 0.15) is 23.7 Å². The van der Waals surface area contributed by atoms with Gasteiger partial charge < -0.3 is 20.3 Å². The van der Waals surface area contributed by atoms with E-state index in [0.717, 1.165) is 16.8 Å². The zero-order chi connectivity index (χ0) is 13.1. The van der Waals surface area contributed by atoms with Gasteiger partial charge in [-0.15, -0.1) is 0 Å². The highest BCUT2D eigenvalue weighted by molar-refractivity contribution is 5.46. The summed E-state index contributed by atoms with van der Waals surface area (Å²) < 4.78 is 10.5. The van der Waals surface area contributed by atoms with Gasteiger partial charge in [-0.3, -0.25) is 4.98 Å². The molecule has 1 heterocycles. The standard InChI is InChI=1S/C12H20N2O3/c1-8-11(17-4)10(12(2,13)7-15)9(5-14-8)6-16-3/h5,15H,6-7,13H2,1-4H3. The van der Waals surface area contributed by atoms with E-state index >= 15 is 0 Å². The normalized spacial score (nSPS) is 14.5. The van der Waals surface area contributed by atoms with Gasteiger partial charge >= 0.3 is 0 Å². The van der Waals surface area contributed by atoms with Crippen molar-refractivity contribution < 1.29 is 14.6 Å². The van der Waals surface area contributed by atoms with Crippen LogP contribution in [0.5, 0.6) is 5.75 Å². The van der Waals surface area contributed by atoms with Gasteiger partial charge in [0.25, 0.3) is 0 Å². The van der Waals surface area contributed by atoms with Crippen LogP contribution in [-0.4, -0.2) is 30.9 Å². The molecule has 0 aliphatic rings. The Labute approximate surface area is 102 Å². The fourth-order valence-corrected chi connectivity index (χ4v) is 1.84. The summed E-state index contributed by atoms with van der Waals surface area (Å²) in [6, 6.07) is 0. The maximum Gasteiger partial charge on any atom is 0.145 e. The van der Waals surface area contributed by atoms with Crippen LogP contribution in [0.15, 0.2) is 6.20 Å². The van der Waals surface area contributed by atoms with Crippen molar-refractivity contribution in [3.8, 4) is 5.75 Å². The molecule has 5 nitrogen and oxygen atoms in total. The van der Waals surface area contributed by atoms with Gasteiger partial charge in [0.05, 0.1) is 31.6 Å². The van der Waals surface area contributed by atoms with Crippen molar-refractivity contribution in [2.24, 2.45) is 5.73 Å². The molecule has 0 fully saturated rings. The van der Waals surface area contributed by atoms with Gasteiger partial charge in [-0.2, -0.15) is 0 Å². The molecule has 1 unspecified atom stereocenters. The van der Waals surface area contributed by atoms with E-state index in [9.17, 15) is 5.11 Å². The Bertz CT molecular complexity index is 392. The van der Waals surface area contributed by atoms with Crippen molar-refractivity contribution in [1.82, 2.24) is 4.98 Å². The van der Waals surface area contributed by atoms with Crippen molar-refractivity contribution in [1.29, 1.82) is 0 Å². The lowest BCUT2D eigenvalue weighted by molar-refractivity contribution is 0.174. The smallest absolute Gasteiger partial charge is 0.145 e. The monoisotopic (exact) mass is 240 g/mol. The van der Waals surface area contributed by atoms with Crippen molar-refractivity contribution >= 4 is 0 Å². The number of methoxy groups -OCH3 is 2. The van der Waals surface area contributed by atoms with Crippen molar-refractivity contribution in [3.05, 3.63) is 23.0 Å². The van der Waals surface area contributed by atoms with E-state index in [2.05, 4.69) is 4.98 Å². The first-order valence-electron chi connectivity index (χ1n) is 5.39. The van der Waals surface area contributed by atoms with Crippen molar-refractivity contribution in [3.63, 3.8) is 0 Å². The average Bonchev–Trinajstić information content (AvgIpc) is 2.31. The first kappa shape index (κ1) is 13.9. The van der Waals surface area contributed by atoms with E-state index < -0.39 is 5.54 Å². The highest BCUT2D eigenvalue weighted by atomic mass is 16.5. The second-order valence-electron chi connectivity index (χ2n) is 4.29. The first-order valence-corrected chi connectivity index (χ1v) is 5.39. The molecule has 5 heteroatoms. The van der Waals surface area contributed by atoms with Gasteiger partial charge in [-0.1, -0.05) is 0 Å². The van der Waals surface area contributed by atoms with Crippen LogP contribution in [-0.2, 0) is 16.9 Å². The second-order valence-corrected chi connectivity index (χ2v) is 4.29. The summed E-state index contributed by atoms with van der Waals surface area (Å²) in [6.07, 6.45) is 1.71. The molecule has 0 aliphatic heterocycles. The molecule has 1 rings (SSSR count). The molecule has 0 saturated carbocycles. The number of aliphatic hydroxyl groups excluding tert-OH is 1. The summed E-state index contributed by atoms with van der Waals surface area (Å²) in [5.41, 5.74) is 7.54. The summed E-state index contributed by atoms with van der Waals surface area (Å²) in [5, 5.41) is 9.41. The van der Waals surface area contributed by atoms with E-state index in [4.69, 9.17) is 15.2 Å². The number of hydrogen-bond donors (Lipinski definition) is 2. The van der Waals surface area contributed by atoms with Gasteiger partial charge in [0, 0.05) is 24.4 Å². The van der Waals surface area contributed by atoms with E-state index in [1.54, 1.807) is 27.3 Å². The van der Waals surface area contributed by atoms with Gasteiger partial charge in [0.1, 0.15) is 5.75 Å². The predicted molar refractivity (Wildman–Crippen MR) is 64.9 cm³/mol. The SMILES string of the molecule is COCc1cnc(C)c(OC)c1C(C)(N)CO. The number of hydrogen-bond acceptors (Lipinski definition) is 5. The molecular weight excluding hydrogens is 220 g/mol. The zero-order valence-corrected chi connectivity index (χ0v) is 10.8. The molecule has 3 N–H and O–H groups in total. The third kappa shape index (κ3) is 2.74. The average molecular weight is 240 g/mol. The van der Waals surface area contributed by atoms with Crippen LogP contribution < -0.4 is 10.5 Å². The lowest BCUT2D eigenvalue weighted by Crippen LogP contribution is -2.38. The maximum atomic E-state index is 9.41. The van der Waals surface area contributed by atoms with Crippen LogP contribution in [0.2, 0.25) is 0 Å². The minimum Gasteiger partial charge on any atom is -0.494 e. The number of rotatable bonds is 5. The fraction of sp³-hybridized carbons (Fsp3) is 0.583. The second kappa shape index (κ2) is 5.44. The van der Waals surface area contributed by atoms with Gasteiger partial charge in [-0.25, -0.2) is 0 Å². The molecule has 0 aliphatic carbocycles. The number of aliphatic hydroxyl groups is 1. The van der Waals surface area contributed by atoms with Crippen LogP contribution in [0.25, 0.3) is 0 Å². The quantitative estimate of drug-likeness (QED) is 0.792. The molecule has 17 heavy (non-hydrogen) atoms. The Morgan fingerprint density at radius 2 is 2.12 bits per heavy atom. The van der Waals surface area contributed by atoms with Gasteiger partial charge in [-0.05, 0) is 13.8 Å². The number of aromatic nitrogens is 1. The van der Waals surface area contributed by atoms with Crippen molar-refractivity contribution in [2.45, 2.75) is 26.0 Å². The molecule has 0 bridgehead atoms. The summed E-state index contributed by atoms with van der Waals surface area (Å²) >= 11 is 0. The van der Waals surface area contributed by atoms with Crippen LogP contribution in [0.4, 0.5) is 0 Å². The first-order chi connectivity index (χ1) is 7.97. The van der Waals surface area contributed by atoms with Crippen LogP contribution in [0, 0.1) is 6.92 Å². The lowest BCUT2D eigenvalue weighted by atomic mass is 9.89. The summed E-state index contributed by atoms with van der Waals surface area (Å²) in [5.74, 6) is 0.610. The molecule has 0 radical (unpaired) electrons. The molecule has 0 amide bonds. The Morgan fingerprint density at radius 3 is 2.59 bits per heavy atom. The fourth-order valence-electron chi connectivity index (χ4n) is 1.84. The Balaban J connectivity index is 3.44. The topological polar surface area (TPSA) is 77.6 Å². The Hall–Kier alpha value is -1.17. The van der Waals surface area contributed by atoms with E-state index in [1.165, 1.54) is 0 Å². The number of nitrogens with zero attached hydrogens (tertiary/aromatic N) is 1. The molecule has 1 aromatic rings. The minimum absolute atomic E-state index is 0.177. The number of aryl methyl sites for hydroxylation is 1. The zero-order valence-electron chi connectivity index (χ0n) is 10.8. The van der Waals surface area contributed by atoms with E-state index in [-0.39, 0.29) is 6.61 Å². The summed E-state index contributed by atoms with van der Waals surface area (Å²) in [4.78, 5) is 4.23. The summed E-state index contributed by atoms with van der Waals surface area (Å²) in [7, 11) is 3.17. The van der Waals surface area contributed by atoms with Gasteiger partial charge in [0.15, 0.2) is 0 Å². The molecule has 96 valence electrons. The van der Waals surface area contributed by atoms with Crippen LogP contribution in [0.3, 0.4) is 0 Å². The molecular formula is C12H20N2O3. The van der Waals surface area contributed by atoms with Crippen LogP contribution >= 0.6 is 0 Å². The van der Waals surface area contributed by atoms with Gasteiger partial charge in [0.2, 0.25) is 0 Å². The number of nitrogens with two attached hydrogens (primary N) is 1. The number of pyridine rings is 1. The molecule has 0 spiro atoms. The highest BCUT2D eigenvalue weighted by Gasteiger charge is 2.29. The lowest BCUT2D eigenvalue weighted by Gasteiger charge is -2.27. The summed E-state index contributed by atoms with van der Waals surface area (Å²) in [6.45, 7) is 3.80. The largest absolute Gasteiger partial charge is 0.494 e. The molecule has 1 atom stereocenters. The Kier molecular flexibility index (Phi) is 4.45. The van der Waals surface area contributed by atoms with E-state index in [0.29, 0.717) is 12.4 Å². The predicted octanol–water partition coefficient (Wildman–Crippen LogP) is 0.711. The molecule has 0 saturated heterocycles. The maximum absolute atomic E-state index is 9.41. The minimum atomic E-state index is -0.882. The number of ether oxygens (including phenoxy) is 2. The third-order valence-corrected chi connectivity index (χ3v) is 2.69. The van der Waals surface area contributed by atoms with Crippen molar-refractivity contribution in [2.75, 3.05) is 20.8 Å². The Morgan fingerprint density at radius 1 is 1.47 bits per heavy atom.